The van der Waals surface area contributed by atoms with Gasteiger partial charge in [-0.15, -0.1) is 0 Å². The van der Waals surface area contributed by atoms with Crippen LogP contribution in [0.3, 0.4) is 0 Å². The van der Waals surface area contributed by atoms with E-state index in [0.29, 0.717) is 18.7 Å². The van der Waals surface area contributed by atoms with Crippen molar-refractivity contribution in [3.05, 3.63) is 35.4 Å². The Bertz CT molecular complexity index is 363. The predicted molar refractivity (Wildman–Crippen MR) is 47.9 cm³/mol. The molecule has 3 heteroatoms. The summed E-state index contributed by atoms with van der Waals surface area (Å²) in [5, 5.41) is 21.8. The molecule has 1 saturated heterocycles. The zero-order valence-electron chi connectivity index (χ0n) is 7.12. The predicted octanol–water partition coefficient (Wildman–Crippen LogP) is 0.349. The van der Waals surface area contributed by atoms with Crippen LogP contribution >= 0.6 is 0 Å². The van der Waals surface area contributed by atoms with E-state index in [4.69, 9.17) is 5.26 Å². The van der Waals surface area contributed by atoms with Gasteiger partial charge in [0.2, 0.25) is 0 Å². The number of hydrogen-bond acceptors (Lipinski definition) is 3. The van der Waals surface area contributed by atoms with Crippen LogP contribution in [0.25, 0.3) is 0 Å². The van der Waals surface area contributed by atoms with E-state index in [1.54, 1.807) is 18.2 Å². The fraction of sp³-hybridized carbons (Fsp3) is 0.300. The van der Waals surface area contributed by atoms with Crippen LogP contribution in [-0.2, 0) is 5.60 Å². The van der Waals surface area contributed by atoms with Crippen molar-refractivity contribution in [2.45, 2.75) is 5.60 Å². The Morgan fingerprint density at radius 2 is 2.08 bits per heavy atom. The number of nitriles is 1. The van der Waals surface area contributed by atoms with Crippen LogP contribution in [0.15, 0.2) is 24.3 Å². The van der Waals surface area contributed by atoms with Crippen LogP contribution in [0.2, 0.25) is 0 Å². The topological polar surface area (TPSA) is 56.0 Å². The molecular formula is C10H10N2O. The number of β-amino-alcohol motifs (C(OH)–C–C–N with tert-alkyl or cyclic N) is 1. The van der Waals surface area contributed by atoms with Gasteiger partial charge in [0.1, 0.15) is 5.60 Å². The fourth-order valence-electron chi connectivity index (χ4n) is 1.54. The van der Waals surface area contributed by atoms with Crippen LogP contribution in [0.5, 0.6) is 0 Å². The van der Waals surface area contributed by atoms with Crippen LogP contribution in [-0.4, -0.2) is 18.2 Å². The normalized spacial score (nSPS) is 18.8. The molecule has 1 heterocycles. The second kappa shape index (κ2) is 2.84. The van der Waals surface area contributed by atoms with Gasteiger partial charge in [0.05, 0.1) is 11.6 Å². The lowest BCUT2D eigenvalue weighted by atomic mass is 9.85. The van der Waals surface area contributed by atoms with Gasteiger partial charge in [0.15, 0.2) is 0 Å². The molecule has 0 spiro atoms. The largest absolute Gasteiger partial charge is 0.382 e. The number of rotatable bonds is 1. The zero-order valence-corrected chi connectivity index (χ0v) is 7.12. The molecule has 2 N–H and O–H groups in total. The molecule has 1 aromatic rings. The summed E-state index contributed by atoms with van der Waals surface area (Å²) in [4.78, 5) is 0. The van der Waals surface area contributed by atoms with Crippen molar-refractivity contribution in [2.75, 3.05) is 13.1 Å². The van der Waals surface area contributed by atoms with Crippen molar-refractivity contribution in [1.82, 2.24) is 5.32 Å². The van der Waals surface area contributed by atoms with Gasteiger partial charge in [-0.05, 0) is 6.07 Å². The van der Waals surface area contributed by atoms with Gasteiger partial charge in [-0.25, -0.2) is 0 Å². The van der Waals surface area contributed by atoms with E-state index >= 15 is 0 Å². The minimum absolute atomic E-state index is 0.533. The monoisotopic (exact) mass is 174 g/mol. The minimum Gasteiger partial charge on any atom is -0.382 e. The Morgan fingerprint density at radius 1 is 1.38 bits per heavy atom. The highest BCUT2D eigenvalue weighted by Crippen LogP contribution is 2.27. The van der Waals surface area contributed by atoms with Crippen molar-refractivity contribution in [3.63, 3.8) is 0 Å². The molecule has 0 aromatic heterocycles. The molecule has 13 heavy (non-hydrogen) atoms. The molecular weight excluding hydrogens is 164 g/mol. The molecule has 66 valence electrons. The lowest BCUT2D eigenvalue weighted by Gasteiger charge is -2.38. The quantitative estimate of drug-likeness (QED) is 0.646. The van der Waals surface area contributed by atoms with Gasteiger partial charge in [0.25, 0.3) is 0 Å². The molecule has 1 aromatic carbocycles. The first-order chi connectivity index (χ1) is 6.26. The van der Waals surface area contributed by atoms with Crippen molar-refractivity contribution in [1.29, 1.82) is 5.26 Å². The number of benzene rings is 1. The summed E-state index contributed by atoms with van der Waals surface area (Å²) in [6, 6.07) is 9.26. The average molecular weight is 174 g/mol. The minimum atomic E-state index is -0.827. The van der Waals surface area contributed by atoms with Crippen LogP contribution in [0, 0.1) is 11.3 Å². The van der Waals surface area contributed by atoms with E-state index in [0.717, 1.165) is 5.56 Å². The molecule has 0 unspecified atom stereocenters. The third kappa shape index (κ3) is 1.21. The molecule has 1 fully saturated rings. The third-order valence-electron chi connectivity index (χ3n) is 2.38. The van der Waals surface area contributed by atoms with Crippen LogP contribution < -0.4 is 5.32 Å². The third-order valence-corrected chi connectivity index (χ3v) is 2.38. The van der Waals surface area contributed by atoms with E-state index in [9.17, 15) is 5.11 Å². The van der Waals surface area contributed by atoms with E-state index < -0.39 is 5.60 Å². The first-order valence-corrected chi connectivity index (χ1v) is 4.19. The molecule has 1 aliphatic heterocycles. The Balaban J connectivity index is 2.45. The van der Waals surface area contributed by atoms with Crippen molar-refractivity contribution >= 4 is 0 Å². The molecule has 0 radical (unpaired) electrons. The number of hydrogen-bond donors (Lipinski definition) is 2. The van der Waals surface area contributed by atoms with Gasteiger partial charge in [0, 0.05) is 18.7 Å². The Hall–Kier alpha value is -1.37. The van der Waals surface area contributed by atoms with Crippen molar-refractivity contribution in [2.24, 2.45) is 0 Å². The second-order valence-corrected chi connectivity index (χ2v) is 3.29. The number of nitrogens with zero attached hydrogens (tertiary/aromatic N) is 1. The highest BCUT2D eigenvalue weighted by molar-refractivity contribution is 5.42. The maximum Gasteiger partial charge on any atom is 0.116 e. The highest BCUT2D eigenvalue weighted by Gasteiger charge is 2.37. The molecule has 0 atom stereocenters. The summed E-state index contributed by atoms with van der Waals surface area (Å²) in [6.07, 6.45) is 0. The Kier molecular flexibility index (Phi) is 1.80. The summed E-state index contributed by atoms with van der Waals surface area (Å²) in [6.45, 7) is 1.07. The summed E-state index contributed by atoms with van der Waals surface area (Å²) in [5.74, 6) is 0. The average Bonchev–Trinajstić information content (AvgIpc) is 2.14. The molecule has 2 rings (SSSR count). The fourth-order valence-corrected chi connectivity index (χ4v) is 1.54. The molecule has 1 aliphatic rings. The Morgan fingerprint density at radius 3 is 2.62 bits per heavy atom. The summed E-state index contributed by atoms with van der Waals surface area (Å²) < 4.78 is 0. The lowest BCUT2D eigenvalue weighted by Crippen LogP contribution is -2.57. The van der Waals surface area contributed by atoms with E-state index in [2.05, 4.69) is 11.4 Å². The smallest absolute Gasteiger partial charge is 0.116 e. The maximum atomic E-state index is 9.98. The molecule has 0 saturated carbocycles. The van der Waals surface area contributed by atoms with E-state index in [-0.39, 0.29) is 0 Å². The summed E-state index contributed by atoms with van der Waals surface area (Å²) >= 11 is 0. The molecule has 0 aliphatic carbocycles. The van der Waals surface area contributed by atoms with Gasteiger partial charge in [-0.1, -0.05) is 18.2 Å². The van der Waals surface area contributed by atoms with E-state index in [1.807, 2.05) is 6.07 Å². The SMILES string of the molecule is N#Cc1ccccc1C1(O)CNC1. The first kappa shape index (κ1) is 8.24. The van der Waals surface area contributed by atoms with Crippen LogP contribution in [0.1, 0.15) is 11.1 Å². The van der Waals surface area contributed by atoms with Gasteiger partial charge >= 0.3 is 0 Å². The highest BCUT2D eigenvalue weighted by atomic mass is 16.3. The van der Waals surface area contributed by atoms with Gasteiger partial charge < -0.3 is 10.4 Å². The standard InChI is InChI=1S/C10H10N2O/c11-5-8-3-1-2-4-9(8)10(13)6-12-7-10/h1-4,12-13H,6-7H2. The molecule has 0 bridgehead atoms. The van der Waals surface area contributed by atoms with Crippen molar-refractivity contribution in [3.8, 4) is 6.07 Å². The number of aliphatic hydroxyl groups is 1. The van der Waals surface area contributed by atoms with Gasteiger partial charge in [-0.2, -0.15) is 5.26 Å². The van der Waals surface area contributed by atoms with E-state index in [1.165, 1.54) is 0 Å². The zero-order chi connectivity index (χ0) is 9.31. The summed E-state index contributed by atoms with van der Waals surface area (Å²) in [7, 11) is 0. The van der Waals surface area contributed by atoms with Gasteiger partial charge in [-0.3, -0.25) is 0 Å². The van der Waals surface area contributed by atoms with Crippen molar-refractivity contribution < 1.29 is 5.11 Å². The van der Waals surface area contributed by atoms with Crippen LogP contribution in [0.4, 0.5) is 0 Å². The summed E-state index contributed by atoms with van der Waals surface area (Å²) in [5.41, 5.74) is 0.467. The molecule has 0 amide bonds. The second-order valence-electron chi connectivity index (χ2n) is 3.29. The molecule has 3 nitrogen and oxygen atoms in total. The number of nitrogens with one attached hydrogen (secondary N) is 1. The first-order valence-electron chi connectivity index (χ1n) is 4.19. The lowest BCUT2D eigenvalue weighted by molar-refractivity contribution is -0.0148. The maximum absolute atomic E-state index is 9.98. The Labute approximate surface area is 76.6 Å².